The van der Waals surface area contributed by atoms with Crippen molar-refractivity contribution in [1.82, 2.24) is 5.32 Å². The number of benzene rings is 2. The van der Waals surface area contributed by atoms with Crippen LogP contribution in [0, 0.1) is 5.82 Å². The Hall–Kier alpha value is -1.87. The van der Waals surface area contributed by atoms with Gasteiger partial charge in [-0.3, -0.25) is 0 Å². The number of para-hydroxylation sites is 1. The molecule has 0 fully saturated rings. The van der Waals surface area contributed by atoms with Crippen molar-refractivity contribution in [3.05, 3.63) is 65.0 Å². The van der Waals surface area contributed by atoms with E-state index in [0.29, 0.717) is 0 Å². The van der Waals surface area contributed by atoms with Crippen molar-refractivity contribution in [2.24, 2.45) is 0 Å². The SMILES string of the molecule is Fc1ccc(CNCc2cccc3c2NCC3)cc1. The third kappa shape index (κ3) is 2.76. The van der Waals surface area contributed by atoms with E-state index in [1.54, 1.807) is 0 Å². The summed E-state index contributed by atoms with van der Waals surface area (Å²) in [7, 11) is 0. The first-order valence-corrected chi connectivity index (χ1v) is 6.63. The van der Waals surface area contributed by atoms with Crippen LogP contribution in [-0.2, 0) is 19.5 Å². The van der Waals surface area contributed by atoms with E-state index in [2.05, 4.69) is 28.8 Å². The molecule has 0 amide bonds. The summed E-state index contributed by atoms with van der Waals surface area (Å²) in [6, 6.07) is 13.1. The number of halogens is 1. The molecule has 2 aromatic carbocycles. The van der Waals surface area contributed by atoms with Gasteiger partial charge in [-0.05, 0) is 35.2 Å². The lowest BCUT2D eigenvalue weighted by molar-refractivity contribution is 0.625. The first kappa shape index (κ1) is 12.2. The minimum absolute atomic E-state index is 0.186. The number of anilines is 1. The van der Waals surface area contributed by atoms with E-state index in [0.717, 1.165) is 31.6 Å². The molecule has 0 unspecified atom stereocenters. The third-order valence-electron chi connectivity index (χ3n) is 3.49. The zero-order chi connectivity index (χ0) is 13.1. The van der Waals surface area contributed by atoms with E-state index in [1.165, 1.54) is 28.9 Å². The van der Waals surface area contributed by atoms with Crippen LogP contribution in [0.3, 0.4) is 0 Å². The first-order chi connectivity index (χ1) is 9.33. The molecule has 1 aliphatic heterocycles. The summed E-state index contributed by atoms with van der Waals surface area (Å²) in [5.41, 5.74) is 5.09. The highest BCUT2D eigenvalue weighted by Crippen LogP contribution is 2.26. The summed E-state index contributed by atoms with van der Waals surface area (Å²) in [5, 5.41) is 6.84. The zero-order valence-corrected chi connectivity index (χ0v) is 10.7. The minimum Gasteiger partial charge on any atom is -0.384 e. The molecule has 0 aliphatic carbocycles. The molecule has 3 rings (SSSR count). The predicted octanol–water partition coefficient (Wildman–Crippen LogP) is 3.08. The second kappa shape index (κ2) is 5.41. The number of hydrogen-bond donors (Lipinski definition) is 2. The summed E-state index contributed by atoms with van der Waals surface area (Å²) >= 11 is 0. The zero-order valence-electron chi connectivity index (χ0n) is 10.7. The molecule has 19 heavy (non-hydrogen) atoms. The van der Waals surface area contributed by atoms with Gasteiger partial charge >= 0.3 is 0 Å². The molecule has 0 saturated carbocycles. The third-order valence-corrected chi connectivity index (χ3v) is 3.49. The van der Waals surface area contributed by atoms with Crippen LogP contribution < -0.4 is 10.6 Å². The Labute approximate surface area is 112 Å². The van der Waals surface area contributed by atoms with Crippen LogP contribution in [0.2, 0.25) is 0 Å². The Morgan fingerprint density at radius 3 is 2.74 bits per heavy atom. The second-order valence-electron chi connectivity index (χ2n) is 4.86. The van der Waals surface area contributed by atoms with Gasteiger partial charge < -0.3 is 10.6 Å². The van der Waals surface area contributed by atoms with Crippen molar-refractivity contribution in [2.75, 3.05) is 11.9 Å². The Morgan fingerprint density at radius 2 is 1.89 bits per heavy atom. The number of rotatable bonds is 4. The van der Waals surface area contributed by atoms with Gasteiger partial charge in [0.05, 0.1) is 0 Å². The van der Waals surface area contributed by atoms with Gasteiger partial charge in [0, 0.05) is 25.3 Å². The van der Waals surface area contributed by atoms with Crippen LogP contribution in [0.4, 0.5) is 10.1 Å². The van der Waals surface area contributed by atoms with E-state index in [-0.39, 0.29) is 5.82 Å². The average molecular weight is 256 g/mol. The van der Waals surface area contributed by atoms with Gasteiger partial charge in [-0.25, -0.2) is 4.39 Å². The molecule has 0 saturated heterocycles. The van der Waals surface area contributed by atoms with Crippen LogP contribution >= 0.6 is 0 Å². The Morgan fingerprint density at radius 1 is 1.05 bits per heavy atom. The molecule has 2 nitrogen and oxygen atoms in total. The molecule has 0 aromatic heterocycles. The monoisotopic (exact) mass is 256 g/mol. The van der Waals surface area contributed by atoms with Gasteiger partial charge in [-0.15, -0.1) is 0 Å². The van der Waals surface area contributed by atoms with Gasteiger partial charge in [0.2, 0.25) is 0 Å². The summed E-state index contributed by atoms with van der Waals surface area (Å²) < 4.78 is 12.8. The minimum atomic E-state index is -0.186. The molecular weight excluding hydrogens is 239 g/mol. The van der Waals surface area contributed by atoms with Crippen molar-refractivity contribution < 1.29 is 4.39 Å². The van der Waals surface area contributed by atoms with Crippen molar-refractivity contribution >= 4 is 5.69 Å². The molecule has 0 spiro atoms. The van der Waals surface area contributed by atoms with E-state index >= 15 is 0 Å². The number of fused-ring (bicyclic) bond motifs is 1. The highest BCUT2D eigenvalue weighted by molar-refractivity contribution is 5.61. The van der Waals surface area contributed by atoms with E-state index < -0.39 is 0 Å². The maximum Gasteiger partial charge on any atom is 0.123 e. The molecular formula is C16H17FN2. The van der Waals surface area contributed by atoms with Crippen molar-refractivity contribution in [1.29, 1.82) is 0 Å². The standard InChI is InChI=1S/C16H17FN2/c17-15-6-4-12(5-7-15)10-18-11-14-3-1-2-13-8-9-19-16(13)14/h1-7,18-19H,8-11H2. The molecule has 1 heterocycles. The lowest BCUT2D eigenvalue weighted by Gasteiger charge is -2.10. The van der Waals surface area contributed by atoms with E-state index in [4.69, 9.17) is 0 Å². The van der Waals surface area contributed by atoms with Gasteiger partial charge in [-0.1, -0.05) is 30.3 Å². The Balaban J connectivity index is 1.61. The van der Waals surface area contributed by atoms with Crippen molar-refractivity contribution in [3.8, 4) is 0 Å². The topological polar surface area (TPSA) is 24.1 Å². The largest absolute Gasteiger partial charge is 0.384 e. The lowest BCUT2D eigenvalue weighted by Crippen LogP contribution is -2.13. The molecule has 3 heteroatoms. The predicted molar refractivity (Wildman–Crippen MR) is 75.6 cm³/mol. The van der Waals surface area contributed by atoms with Crippen molar-refractivity contribution in [3.63, 3.8) is 0 Å². The smallest absolute Gasteiger partial charge is 0.123 e. The van der Waals surface area contributed by atoms with Crippen LogP contribution in [0.1, 0.15) is 16.7 Å². The van der Waals surface area contributed by atoms with Crippen LogP contribution in [0.5, 0.6) is 0 Å². The van der Waals surface area contributed by atoms with Gasteiger partial charge in [0.1, 0.15) is 5.82 Å². The van der Waals surface area contributed by atoms with Gasteiger partial charge in [0.25, 0.3) is 0 Å². The molecule has 0 radical (unpaired) electrons. The molecule has 2 aromatic rings. The quantitative estimate of drug-likeness (QED) is 0.878. The van der Waals surface area contributed by atoms with Gasteiger partial charge in [-0.2, -0.15) is 0 Å². The fraction of sp³-hybridized carbons (Fsp3) is 0.250. The number of nitrogens with one attached hydrogen (secondary N) is 2. The molecule has 98 valence electrons. The summed E-state index contributed by atoms with van der Waals surface area (Å²) in [4.78, 5) is 0. The van der Waals surface area contributed by atoms with E-state index in [1.807, 2.05) is 12.1 Å². The van der Waals surface area contributed by atoms with Crippen LogP contribution in [0.15, 0.2) is 42.5 Å². The van der Waals surface area contributed by atoms with E-state index in [9.17, 15) is 4.39 Å². The fourth-order valence-corrected chi connectivity index (χ4v) is 2.50. The maximum atomic E-state index is 12.8. The maximum absolute atomic E-state index is 12.8. The molecule has 2 N–H and O–H groups in total. The van der Waals surface area contributed by atoms with Crippen LogP contribution in [-0.4, -0.2) is 6.54 Å². The second-order valence-corrected chi connectivity index (χ2v) is 4.86. The molecule has 1 aliphatic rings. The highest BCUT2D eigenvalue weighted by atomic mass is 19.1. The average Bonchev–Trinajstić information content (AvgIpc) is 2.90. The summed E-state index contributed by atoms with van der Waals surface area (Å²) in [6.45, 7) is 2.61. The lowest BCUT2D eigenvalue weighted by atomic mass is 10.1. The first-order valence-electron chi connectivity index (χ1n) is 6.63. The van der Waals surface area contributed by atoms with Crippen LogP contribution in [0.25, 0.3) is 0 Å². The Kier molecular flexibility index (Phi) is 3.47. The fourth-order valence-electron chi connectivity index (χ4n) is 2.50. The normalized spacial score (nSPS) is 13.1. The highest BCUT2D eigenvalue weighted by Gasteiger charge is 2.12. The molecule has 0 atom stereocenters. The van der Waals surface area contributed by atoms with Gasteiger partial charge in [0.15, 0.2) is 0 Å². The Bertz CT molecular complexity index is 563. The molecule has 0 bridgehead atoms. The summed E-state index contributed by atoms with van der Waals surface area (Å²) in [5.74, 6) is -0.186. The summed E-state index contributed by atoms with van der Waals surface area (Å²) in [6.07, 6.45) is 1.11. The number of hydrogen-bond acceptors (Lipinski definition) is 2. The van der Waals surface area contributed by atoms with Crippen molar-refractivity contribution in [2.45, 2.75) is 19.5 Å².